The van der Waals surface area contributed by atoms with Crippen LogP contribution in [-0.2, 0) is 0 Å². The molecule has 2 aromatic heterocycles. The van der Waals surface area contributed by atoms with Crippen molar-refractivity contribution in [2.45, 2.75) is 19.9 Å². The average Bonchev–Trinajstić information content (AvgIpc) is 2.86. The Hall–Kier alpha value is -1.62. The maximum absolute atomic E-state index is 10.9. The van der Waals surface area contributed by atoms with Gasteiger partial charge in [0.25, 0.3) is 0 Å². The number of rotatable bonds is 3. The fraction of sp³-hybridized carbons (Fsp3) is 0.273. The lowest BCUT2D eigenvalue weighted by molar-refractivity contribution is 0.0689. The van der Waals surface area contributed by atoms with Crippen molar-refractivity contribution in [3.05, 3.63) is 29.3 Å². The molecule has 2 aromatic rings. The Balaban J connectivity index is 2.55. The van der Waals surface area contributed by atoms with Gasteiger partial charge in [0.05, 0.1) is 10.6 Å². The van der Waals surface area contributed by atoms with Crippen molar-refractivity contribution < 1.29 is 9.90 Å². The van der Waals surface area contributed by atoms with Crippen LogP contribution in [0, 0.1) is 0 Å². The molecule has 0 fully saturated rings. The highest BCUT2D eigenvalue weighted by Crippen LogP contribution is 2.27. The normalized spacial score (nSPS) is 10.9. The van der Waals surface area contributed by atoms with E-state index in [1.807, 2.05) is 31.4 Å². The first-order valence-electron chi connectivity index (χ1n) is 4.96. The molecule has 0 atom stereocenters. The first kappa shape index (κ1) is 10.9. The number of hydrogen-bond acceptors (Lipinski definition) is 3. The van der Waals surface area contributed by atoms with Gasteiger partial charge in [-0.3, -0.25) is 4.68 Å². The largest absolute Gasteiger partial charge is 0.476 e. The predicted molar refractivity (Wildman–Crippen MR) is 62.9 cm³/mol. The Morgan fingerprint density at radius 2 is 2.31 bits per heavy atom. The molecule has 0 spiro atoms. The summed E-state index contributed by atoms with van der Waals surface area (Å²) in [6.45, 7) is 3.96. The smallest absolute Gasteiger partial charge is 0.356 e. The van der Waals surface area contributed by atoms with Crippen LogP contribution in [-0.4, -0.2) is 20.9 Å². The lowest BCUT2D eigenvalue weighted by Crippen LogP contribution is -2.06. The van der Waals surface area contributed by atoms with Crippen LogP contribution in [0.2, 0.25) is 0 Å². The maximum Gasteiger partial charge on any atom is 0.356 e. The molecule has 4 nitrogen and oxygen atoms in total. The summed E-state index contributed by atoms with van der Waals surface area (Å²) in [5.74, 6) is -0.989. The summed E-state index contributed by atoms with van der Waals surface area (Å²) in [7, 11) is 0. The molecule has 0 radical (unpaired) electrons. The Bertz CT molecular complexity index is 500. The average molecular weight is 236 g/mol. The molecule has 0 aliphatic heterocycles. The number of carboxylic acid groups (broad SMARTS) is 1. The second kappa shape index (κ2) is 4.09. The van der Waals surface area contributed by atoms with Crippen molar-refractivity contribution in [2.24, 2.45) is 0 Å². The fourth-order valence-corrected chi connectivity index (χ4v) is 2.24. The molecule has 0 aromatic carbocycles. The van der Waals surface area contributed by atoms with Crippen LogP contribution in [0.15, 0.2) is 23.6 Å². The summed E-state index contributed by atoms with van der Waals surface area (Å²) in [4.78, 5) is 11.9. The van der Waals surface area contributed by atoms with E-state index in [0.717, 1.165) is 10.6 Å². The van der Waals surface area contributed by atoms with Gasteiger partial charge in [0.1, 0.15) is 0 Å². The van der Waals surface area contributed by atoms with Crippen molar-refractivity contribution >= 4 is 17.3 Å². The van der Waals surface area contributed by atoms with Gasteiger partial charge in [-0.2, -0.15) is 5.10 Å². The molecule has 84 valence electrons. The predicted octanol–water partition coefficient (Wildman–Crippen LogP) is 2.89. The highest BCUT2D eigenvalue weighted by Gasteiger charge is 2.16. The van der Waals surface area contributed by atoms with E-state index in [9.17, 15) is 4.79 Å². The van der Waals surface area contributed by atoms with Crippen LogP contribution < -0.4 is 0 Å². The fourth-order valence-electron chi connectivity index (χ4n) is 1.50. The van der Waals surface area contributed by atoms with Crippen LogP contribution in [0.25, 0.3) is 10.6 Å². The third kappa shape index (κ3) is 1.86. The van der Waals surface area contributed by atoms with Crippen molar-refractivity contribution in [3.8, 4) is 10.6 Å². The van der Waals surface area contributed by atoms with E-state index in [1.165, 1.54) is 0 Å². The van der Waals surface area contributed by atoms with Gasteiger partial charge >= 0.3 is 5.97 Å². The number of aromatic nitrogens is 2. The van der Waals surface area contributed by atoms with E-state index in [-0.39, 0.29) is 11.7 Å². The zero-order chi connectivity index (χ0) is 11.7. The zero-order valence-corrected chi connectivity index (χ0v) is 9.86. The summed E-state index contributed by atoms with van der Waals surface area (Å²) in [6.07, 6.45) is 0. The first-order chi connectivity index (χ1) is 7.59. The Morgan fingerprint density at radius 3 is 2.81 bits per heavy atom. The van der Waals surface area contributed by atoms with Gasteiger partial charge in [-0.05, 0) is 31.4 Å². The molecule has 0 bridgehead atoms. The third-order valence-corrected chi connectivity index (χ3v) is 3.11. The van der Waals surface area contributed by atoms with E-state index in [0.29, 0.717) is 0 Å². The summed E-state index contributed by atoms with van der Waals surface area (Å²) < 4.78 is 1.75. The van der Waals surface area contributed by atoms with Gasteiger partial charge in [0.15, 0.2) is 5.69 Å². The van der Waals surface area contributed by atoms with Crippen molar-refractivity contribution in [2.75, 3.05) is 0 Å². The van der Waals surface area contributed by atoms with Crippen molar-refractivity contribution in [1.29, 1.82) is 0 Å². The number of carboxylic acids is 1. The molecule has 0 saturated heterocycles. The summed E-state index contributed by atoms with van der Waals surface area (Å²) in [5, 5.41) is 15.0. The second-order valence-electron chi connectivity index (χ2n) is 3.74. The van der Waals surface area contributed by atoms with Gasteiger partial charge in [0, 0.05) is 6.04 Å². The lowest BCUT2D eigenvalue weighted by Gasteiger charge is -2.08. The summed E-state index contributed by atoms with van der Waals surface area (Å²) in [6, 6.07) is 5.67. The van der Waals surface area contributed by atoms with Gasteiger partial charge < -0.3 is 5.11 Å². The number of carbonyl (C=O) groups is 1. The van der Waals surface area contributed by atoms with Gasteiger partial charge in [-0.25, -0.2) is 4.79 Å². The number of hydrogen-bond donors (Lipinski definition) is 1. The molecule has 0 saturated carbocycles. The minimum absolute atomic E-state index is 0.0945. The van der Waals surface area contributed by atoms with Crippen molar-refractivity contribution in [1.82, 2.24) is 9.78 Å². The molecule has 5 heteroatoms. The van der Waals surface area contributed by atoms with Crippen LogP contribution in [0.1, 0.15) is 30.4 Å². The van der Waals surface area contributed by atoms with Crippen LogP contribution in [0.4, 0.5) is 0 Å². The highest BCUT2D eigenvalue weighted by atomic mass is 32.1. The quantitative estimate of drug-likeness (QED) is 0.891. The molecule has 2 rings (SSSR count). The monoisotopic (exact) mass is 236 g/mol. The molecule has 1 N–H and O–H groups in total. The molecule has 2 heterocycles. The van der Waals surface area contributed by atoms with E-state index < -0.39 is 5.97 Å². The standard InChI is InChI=1S/C11H12N2O2S/c1-7(2)13-9(10-4-3-5-16-10)6-8(12-13)11(14)15/h3-7H,1-2H3,(H,14,15). The molecule has 0 aliphatic carbocycles. The maximum atomic E-state index is 10.9. The van der Waals surface area contributed by atoms with Gasteiger partial charge in [-0.1, -0.05) is 6.07 Å². The topological polar surface area (TPSA) is 55.1 Å². The van der Waals surface area contributed by atoms with Crippen molar-refractivity contribution in [3.63, 3.8) is 0 Å². The lowest BCUT2D eigenvalue weighted by atomic mass is 10.3. The molecule has 0 aliphatic rings. The van der Waals surface area contributed by atoms with Crippen LogP contribution in [0.5, 0.6) is 0 Å². The van der Waals surface area contributed by atoms with Gasteiger partial charge in [-0.15, -0.1) is 11.3 Å². The molecular weight excluding hydrogens is 224 g/mol. The molecule has 16 heavy (non-hydrogen) atoms. The molecular formula is C11H12N2O2S. The van der Waals surface area contributed by atoms with Crippen LogP contribution in [0.3, 0.4) is 0 Å². The minimum atomic E-state index is -0.989. The van der Waals surface area contributed by atoms with Crippen LogP contribution >= 0.6 is 11.3 Å². The van der Waals surface area contributed by atoms with E-state index in [2.05, 4.69) is 5.10 Å². The summed E-state index contributed by atoms with van der Waals surface area (Å²) in [5.41, 5.74) is 0.958. The van der Waals surface area contributed by atoms with E-state index in [4.69, 9.17) is 5.11 Å². The molecule has 0 unspecified atom stereocenters. The number of nitrogens with zero attached hydrogens (tertiary/aromatic N) is 2. The van der Waals surface area contributed by atoms with E-state index >= 15 is 0 Å². The zero-order valence-electron chi connectivity index (χ0n) is 9.04. The van der Waals surface area contributed by atoms with Gasteiger partial charge in [0.2, 0.25) is 0 Å². The Morgan fingerprint density at radius 1 is 1.56 bits per heavy atom. The highest BCUT2D eigenvalue weighted by molar-refractivity contribution is 7.13. The summed E-state index contributed by atoms with van der Waals surface area (Å²) >= 11 is 1.58. The molecule has 0 amide bonds. The SMILES string of the molecule is CC(C)n1nc(C(=O)O)cc1-c1cccs1. The number of aromatic carboxylic acids is 1. The number of thiophene rings is 1. The Kier molecular flexibility index (Phi) is 2.78. The first-order valence-corrected chi connectivity index (χ1v) is 5.84. The third-order valence-electron chi connectivity index (χ3n) is 2.22. The minimum Gasteiger partial charge on any atom is -0.476 e. The Labute approximate surface area is 97.2 Å². The second-order valence-corrected chi connectivity index (χ2v) is 4.68. The van der Waals surface area contributed by atoms with E-state index in [1.54, 1.807) is 22.1 Å².